The second-order valence-corrected chi connectivity index (χ2v) is 7.24. The quantitative estimate of drug-likeness (QED) is 0.668. The van der Waals surface area contributed by atoms with E-state index in [1.54, 1.807) is 12.3 Å². The van der Waals surface area contributed by atoms with E-state index in [9.17, 15) is 8.42 Å². The fourth-order valence-corrected chi connectivity index (χ4v) is 3.75. The van der Waals surface area contributed by atoms with E-state index >= 15 is 0 Å². The van der Waals surface area contributed by atoms with Gasteiger partial charge in [-0.1, -0.05) is 6.92 Å². The van der Waals surface area contributed by atoms with E-state index in [0.29, 0.717) is 11.4 Å². The second kappa shape index (κ2) is 5.64. The summed E-state index contributed by atoms with van der Waals surface area (Å²) in [4.78, 5) is 3.34. The first-order chi connectivity index (χ1) is 8.95. The maximum Gasteiger partial charge on any atom is 0.242 e. The van der Waals surface area contributed by atoms with Crippen LogP contribution in [-0.4, -0.2) is 25.5 Å². The fraction of sp³-hybridized carbons (Fsp3) is 0.692. The highest BCUT2D eigenvalue weighted by atomic mass is 32.2. The van der Waals surface area contributed by atoms with E-state index in [0.717, 1.165) is 37.9 Å². The van der Waals surface area contributed by atoms with E-state index in [4.69, 9.17) is 0 Å². The molecule has 6 heteroatoms. The first-order valence-electron chi connectivity index (χ1n) is 6.87. The van der Waals surface area contributed by atoms with Gasteiger partial charge in [-0.25, -0.2) is 13.1 Å². The van der Waals surface area contributed by atoms with Crippen molar-refractivity contribution in [1.82, 2.24) is 15.0 Å². The Morgan fingerprint density at radius 2 is 2.16 bits per heavy atom. The van der Waals surface area contributed by atoms with Gasteiger partial charge in [-0.3, -0.25) is 0 Å². The first-order valence-corrected chi connectivity index (χ1v) is 8.35. The molecule has 0 saturated heterocycles. The third-order valence-corrected chi connectivity index (χ3v) is 5.22. The second-order valence-electron chi connectivity index (χ2n) is 5.56. The summed E-state index contributed by atoms with van der Waals surface area (Å²) in [6.45, 7) is 5.66. The average molecular weight is 285 g/mol. The molecule has 0 atom stereocenters. The molecule has 1 aliphatic rings. The molecule has 1 aliphatic carbocycles. The molecule has 0 radical (unpaired) electrons. The van der Waals surface area contributed by atoms with Gasteiger partial charge in [-0.2, -0.15) is 0 Å². The topological polar surface area (TPSA) is 74.0 Å². The third kappa shape index (κ3) is 3.58. The Balaban J connectivity index is 2.00. The zero-order valence-electron chi connectivity index (χ0n) is 11.6. The van der Waals surface area contributed by atoms with Gasteiger partial charge in [0.15, 0.2) is 0 Å². The summed E-state index contributed by atoms with van der Waals surface area (Å²) >= 11 is 0. The van der Waals surface area contributed by atoms with E-state index in [1.807, 2.05) is 6.92 Å². The van der Waals surface area contributed by atoms with Crippen molar-refractivity contribution in [1.29, 1.82) is 0 Å². The summed E-state index contributed by atoms with van der Waals surface area (Å²) in [5.74, 6) is 0. The lowest BCUT2D eigenvalue weighted by atomic mass is 9.80. The predicted molar refractivity (Wildman–Crippen MR) is 75.4 cm³/mol. The lowest BCUT2D eigenvalue weighted by Crippen LogP contribution is -2.50. The van der Waals surface area contributed by atoms with Crippen molar-refractivity contribution in [2.45, 2.75) is 56.5 Å². The fourth-order valence-electron chi connectivity index (χ4n) is 2.27. The van der Waals surface area contributed by atoms with E-state index < -0.39 is 10.0 Å². The van der Waals surface area contributed by atoms with Gasteiger partial charge in [0, 0.05) is 24.0 Å². The molecule has 1 aromatic heterocycles. The summed E-state index contributed by atoms with van der Waals surface area (Å²) in [6, 6.07) is 1.70. The lowest BCUT2D eigenvalue weighted by molar-refractivity contribution is 0.248. The van der Waals surface area contributed by atoms with Crippen molar-refractivity contribution < 1.29 is 8.42 Å². The smallest absolute Gasteiger partial charge is 0.242 e. The number of aromatic amines is 1. The number of hydrogen-bond donors (Lipinski definition) is 3. The SMILES string of the molecule is CCCNCc1cc(S(=O)(=O)NC2(C)CCC2)c[nH]1. The first kappa shape index (κ1) is 14.6. The minimum absolute atomic E-state index is 0.253. The molecular weight excluding hydrogens is 262 g/mol. The van der Waals surface area contributed by atoms with E-state index in [-0.39, 0.29) is 5.54 Å². The Morgan fingerprint density at radius 3 is 2.74 bits per heavy atom. The van der Waals surface area contributed by atoms with Crippen LogP contribution in [0.2, 0.25) is 0 Å². The Hall–Kier alpha value is -0.850. The Bertz CT molecular complexity index is 518. The number of hydrogen-bond acceptors (Lipinski definition) is 3. The van der Waals surface area contributed by atoms with Crippen LogP contribution in [0, 0.1) is 0 Å². The molecule has 19 heavy (non-hydrogen) atoms. The minimum Gasteiger partial charge on any atom is -0.363 e. The van der Waals surface area contributed by atoms with Crippen molar-refractivity contribution in [3.8, 4) is 0 Å². The maximum atomic E-state index is 12.2. The van der Waals surface area contributed by atoms with Crippen LogP contribution < -0.4 is 10.0 Å². The molecule has 0 aliphatic heterocycles. The van der Waals surface area contributed by atoms with Crippen LogP contribution >= 0.6 is 0 Å². The molecule has 0 spiro atoms. The molecule has 108 valence electrons. The van der Waals surface area contributed by atoms with Crippen LogP contribution in [0.5, 0.6) is 0 Å². The molecule has 1 heterocycles. The zero-order chi connectivity index (χ0) is 13.9. The molecule has 1 aromatic rings. The number of sulfonamides is 1. The van der Waals surface area contributed by atoms with E-state index in [2.05, 4.69) is 21.9 Å². The van der Waals surface area contributed by atoms with Gasteiger partial charge in [0.05, 0.1) is 4.90 Å². The molecule has 1 saturated carbocycles. The van der Waals surface area contributed by atoms with Crippen molar-refractivity contribution in [2.24, 2.45) is 0 Å². The number of aromatic nitrogens is 1. The molecule has 0 amide bonds. The van der Waals surface area contributed by atoms with Gasteiger partial charge < -0.3 is 10.3 Å². The van der Waals surface area contributed by atoms with Gasteiger partial charge >= 0.3 is 0 Å². The predicted octanol–water partition coefficient (Wildman–Crippen LogP) is 1.74. The molecule has 0 bridgehead atoms. The zero-order valence-corrected chi connectivity index (χ0v) is 12.4. The van der Waals surface area contributed by atoms with Crippen molar-refractivity contribution >= 4 is 10.0 Å². The molecular formula is C13H23N3O2S. The van der Waals surface area contributed by atoms with Gasteiger partial charge in [-0.15, -0.1) is 0 Å². The lowest BCUT2D eigenvalue weighted by Gasteiger charge is -2.38. The number of H-pyrrole nitrogens is 1. The summed E-state index contributed by atoms with van der Waals surface area (Å²) in [6.07, 6.45) is 5.56. The van der Waals surface area contributed by atoms with Crippen LogP contribution in [0.25, 0.3) is 0 Å². The molecule has 0 aromatic carbocycles. The maximum absolute atomic E-state index is 12.2. The molecule has 5 nitrogen and oxygen atoms in total. The van der Waals surface area contributed by atoms with Gasteiger partial charge in [0.1, 0.15) is 0 Å². The molecule has 3 N–H and O–H groups in total. The largest absolute Gasteiger partial charge is 0.363 e. The Kier molecular flexibility index (Phi) is 4.32. The summed E-state index contributed by atoms with van der Waals surface area (Å²) in [5, 5.41) is 3.24. The standard InChI is InChI=1S/C13H23N3O2S/c1-3-7-14-9-11-8-12(10-15-11)19(17,18)16-13(2)5-4-6-13/h8,10,14-16H,3-7,9H2,1-2H3. The summed E-state index contributed by atoms with van der Waals surface area (Å²) in [5.41, 5.74) is 0.643. The highest BCUT2D eigenvalue weighted by molar-refractivity contribution is 7.89. The molecule has 0 unspecified atom stereocenters. The summed E-state index contributed by atoms with van der Waals surface area (Å²) < 4.78 is 27.3. The van der Waals surface area contributed by atoms with Crippen molar-refractivity contribution in [2.75, 3.05) is 6.54 Å². The van der Waals surface area contributed by atoms with Crippen molar-refractivity contribution in [3.05, 3.63) is 18.0 Å². The van der Waals surface area contributed by atoms with Gasteiger partial charge in [0.2, 0.25) is 10.0 Å². The average Bonchev–Trinajstić information content (AvgIpc) is 2.76. The van der Waals surface area contributed by atoms with Crippen LogP contribution in [0.3, 0.4) is 0 Å². The Labute approximate surface area is 115 Å². The van der Waals surface area contributed by atoms with Crippen LogP contribution in [-0.2, 0) is 16.6 Å². The monoisotopic (exact) mass is 285 g/mol. The molecule has 1 fully saturated rings. The third-order valence-electron chi connectivity index (χ3n) is 3.61. The minimum atomic E-state index is -3.40. The number of rotatable bonds is 7. The van der Waals surface area contributed by atoms with Gasteiger partial charge in [-0.05, 0) is 45.2 Å². The highest BCUT2D eigenvalue weighted by Crippen LogP contribution is 2.32. The highest BCUT2D eigenvalue weighted by Gasteiger charge is 2.36. The number of nitrogens with one attached hydrogen (secondary N) is 3. The summed E-state index contributed by atoms with van der Waals surface area (Å²) in [7, 11) is -3.40. The van der Waals surface area contributed by atoms with Gasteiger partial charge in [0.25, 0.3) is 0 Å². The molecule has 2 rings (SSSR count). The van der Waals surface area contributed by atoms with E-state index in [1.165, 1.54) is 0 Å². The normalized spacial score (nSPS) is 18.2. The van der Waals surface area contributed by atoms with Crippen LogP contribution in [0.1, 0.15) is 45.2 Å². The Morgan fingerprint density at radius 1 is 1.42 bits per heavy atom. The van der Waals surface area contributed by atoms with Crippen molar-refractivity contribution in [3.63, 3.8) is 0 Å². The van der Waals surface area contributed by atoms with Crippen LogP contribution in [0.15, 0.2) is 17.2 Å². The van der Waals surface area contributed by atoms with Crippen LogP contribution in [0.4, 0.5) is 0 Å².